The Balaban J connectivity index is 2.55. The van der Waals surface area contributed by atoms with Crippen LogP contribution in [0.1, 0.15) is 18.5 Å². The second-order valence-electron chi connectivity index (χ2n) is 2.53. The van der Waals surface area contributed by atoms with E-state index in [0.717, 1.165) is 5.69 Å². The van der Waals surface area contributed by atoms with Gasteiger partial charge in [0.05, 0.1) is 5.69 Å². The van der Waals surface area contributed by atoms with E-state index in [0.29, 0.717) is 5.75 Å². The van der Waals surface area contributed by atoms with Gasteiger partial charge >= 0.3 is 5.97 Å². The molecule has 0 fully saturated rings. The predicted molar refractivity (Wildman–Crippen MR) is 38.3 cm³/mol. The number of ether oxygens (including phenoxy) is 1. The molecule has 0 N–H and O–H groups in total. The van der Waals surface area contributed by atoms with Gasteiger partial charge < -0.3 is 4.74 Å². The molecule has 1 aliphatic heterocycles. The first-order valence-electron chi connectivity index (χ1n) is 3.45. The van der Waals surface area contributed by atoms with Gasteiger partial charge in [-0.1, -0.05) is 0 Å². The number of nitrogens with zero attached hydrogens (tertiary/aromatic N) is 1. The fourth-order valence-corrected chi connectivity index (χ4v) is 1.12. The van der Waals surface area contributed by atoms with Crippen molar-refractivity contribution in [1.29, 1.82) is 0 Å². The second-order valence-corrected chi connectivity index (χ2v) is 2.53. The van der Waals surface area contributed by atoms with Gasteiger partial charge in [-0.25, -0.2) is 0 Å². The van der Waals surface area contributed by atoms with Crippen molar-refractivity contribution in [2.75, 3.05) is 0 Å². The van der Waals surface area contributed by atoms with Crippen molar-refractivity contribution in [3.8, 4) is 5.75 Å². The standard InChI is InChI=1S/C8H7NO2/c1-5-7-6(11-8(5)10)3-2-4-9-7/h2-5H,1H3. The smallest absolute Gasteiger partial charge is 0.320 e. The van der Waals surface area contributed by atoms with E-state index in [1.807, 2.05) is 0 Å². The normalized spacial score (nSPS) is 21.2. The summed E-state index contributed by atoms with van der Waals surface area (Å²) in [4.78, 5) is 15.0. The molecule has 2 rings (SSSR count). The minimum absolute atomic E-state index is 0.203. The molecule has 1 aromatic rings. The molecule has 0 aromatic carbocycles. The van der Waals surface area contributed by atoms with Gasteiger partial charge in [-0.3, -0.25) is 9.78 Å². The van der Waals surface area contributed by atoms with E-state index in [9.17, 15) is 4.79 Å². The number of carbonyl (C=O) groups excluding carboxylic acids is 1. The van der Waals surface area contributed by atoms with Crippen molar-refractivity contribution in [3.63, 3.8) is 0 Å². The van der Waals surface area contributed by atoms with Gasteiger partial charge in [0.1, 0.15) is 5.92 Å². The zero-order valence-corrected chi connectivity index (χ0v) is 6.07. The molecule has 3 heteroatoms. The van der Waals surface area contributed by atoms with Crippen LogP contribution in [0.3, 0.4) is 0 Å². The summed E-state index contributed by atoms with van der Waals surface area (Å²) in [6.07, 6.45) is 1.66. The Bertz CT molecular complexity index is 309. The molecule has 0 radical (unpaired) electrons. The third-order valence-electron chi connectivity index (χ3n) is 1.77. The largest absolute Gasteiger partial charge is 0.424 e. The lowest BCUT2D eigenvalue weighted by Crippen LogP contribution is -2.06. The van der Waals surface area contributed by atoms with Gasteiger partial charge in [0.25, 0.3) is 0 Å². The zero-order chi connectivity index (χ0) is 7.84. The summed E-state index contributed by atoms with van der Waals surface area (Å²) >= 11 is 0. The van der Waals surface area contributed by atoms with Gasteiger partial charge in [-0.15, -0.1) is 0 Å². The van der Waals surface area contributed by atoms with Crippen molar-refractivity contribution in [2.24, 2.45) is 0 Å². The number of pyridine rings is 1. The summed E-state index contributed by atoms with van der Waals surface area (Å²) in [7, 11) is 0. The van der Waals surface area contributed by atoms with Crippen molar-refractivity contribution >= 4 is 5.97 Å². The molecular formula is C8H7NO2. The van der Waals surface area contributed by atoms with Gasteiger partial charge in [0.2, 0.25) is 0 Å². The number of fused-ring (bicyclic) bond motifs is 1. The highest BCUT2D eigenvalue weighted by Gasteiger charge is 2.29. The third-order valence-corrected chi connectivity index (χ3v) is 1.77. The average Bonchev–Trinajstić information content (AvgIpc) is 2.30. The number of aromatic nitrogens is 1. The molecule has 0 amide bonds. The highest BCUT2D eigenvalue weighted by Crippen LogP contribution is 2.31. The lowest BCUT2D eigenvalue weighted by molar-refractivity contribution is -0.133. The molecule has 0 saturated carbocycles. The quantitative estimate of drug-likeness (QED) is 0.518. The Morgan fingerprint density at radius 3 is 3.18 bits per heavy atom. The summed E-state index contributed by atoms with van der Waals surface area (Å²) in [5.74, 6) is 0.190. The molecular weight excluding hydrogens is 142 g/mol. The fraction of sp³-hybridized carbons (Fsp3) is 0.250. The summed E-state index contributed by atoms with van der Waals surface area (Å²) in [5, 5.41) is 0. The molecule has 2 heterocycles. The molecule has 56 valence electrons. The van der Waals surface area contributed by atoms with Crippen LogP contribution in [-0.2, 0) is 4.79 Å². The highest BCUT2D eigenvalue weighted by atomic mass is 16.5. The first kappa shape index (κ1) is 6.34. The maximum atomic E-state index is 11.0. The Morgan fingerprint density at radius 1 is 1.64 bits per heavy atom. The van der Waals surface area contributed by atoms with Crippen LogP contribution < -0.4 is 4.74 Å². The van der Waals surface area contributed by atoms with Crippen molar-refractivity contribution < 1.29 is 9.53 Å². The van der Waals surface area contributed by atoms with Gasteiger partial charge in [0, 0.05) is 6.20 Å². The summed E-state index contributed by atoms with van der Waals surface area (Å²) in [6, 6.07) is 3.51. The molecule has 1 aromatic heterocycles. The van der Waals surface area contributed by atoms with Crippen molar-refractivity contribution in [2.45, 2.75) is 12.8 Å². The fourth-order valence-electron chi connectivity index (χ4n) is 1.12. The summed E-state index contributed by atoms with van der Waals surface area (Å²) in [6.45, 7) is 1.79. The maximum Gasteiger partial charge on any atom is 0.320 e. The number of esters is 1. The van der Waals surface area contributed by atoms with Crippen LogP contribution in [0.4, 0.5) is 0 Å². The van der Waals surface area contributed by atoms with Gasteiger partial charge in [0.15, 0.2) is 5.75 Å². The minimum atomic E-state index is -0.210. The van der Waals surface area contributed by atoms with E-state index in [-0.39, 0.29) is 11.9 Å². The van der Waals surface area contributed by atoms with E-state index in [1.165, 1.54) is 0 Å². The molecule has 0 spiro atoms. The first-order valence-corrected chi connectivity index (χ1v) is 3.45. The van der Waals surface area contributed by atoms with Crippen LogP contribution >= 0.6 is 0 Å². The molecule has 3 nitrogen and oxygen atoms in total. The molecule has 11 heavy (non-hydrogen) atoms. The van der Waals surface area contributed by atoms with Crippen LogP contribution in [0.5, 0.6) is 5.75 Å². The van der Waals surface area contributed by atoms with E-state index in [2.05, 4.69) is 4.98 Å². The maximum absolute atomic E-state index is 11.0. The number of rotatable bonds is 0. The minimum Gasteiger partial charge on any atom is -0.424 e. The van der Waals surface area contributed by atoms with Crippen LogP contribution in [0, 0.1) is 0 Å². The SMILES string of the molecule is CC1C(=O)Oc2cccnc21. The summed E-state index contributed by atoms with van der Waals surface area (Å²) < 4.78 is 4.92. The van der Waals surface area contributed by atoms with Crippen LogP contribution in [0.2, 0.25) is 0 Å². The number of carbonyl (C=O) groups is 1. The van der Waals surface area contributed by atoms with Crippen LogP contribution in [0.25, 0.3) is 0 Å². The van der Waals surface area contributed by atoms with E-state index >= 15 is 0 Å². The van der Waals surface area contributed by atoms with E-state index < -0.39 is 0 Å². The zero-order valence-electron chi connectivity index (χ0n) is 6.07. The van der Waals surface area contributed by atoms with E-state index in [4.69, 9.17) is 4.74 Å². The third kappa shape index (κ3) is 0.808. The number of hydrogen-bond donors (Lipinski definition) is 0. The lowest BCUT2D eigenvalue weighted by Gasteiger charge is -1.93. The van der Waals surface area contributed by atoms with E-state index in [1.54, 1.807) is 25.3 Å². The Hall–Kier alpha value is -1.38. The second kappa shape index (κ2) is 2.05. The summed E-state index contributed by atoms with van der Waals surface area (Å²) in [5.41, 5.74) is 0.748. The van der Waals surface area contributed by atoms with Crippen LogP contribution in [-0.4, -0.2) is 11.0 Å². The lowest BCUT2D eigenvalue weighted by atomic mass is 10.1. The number of hydrogen-bond acceptors (Lipinski definition) is 3. The van der Waals surface area contributed by atoms with Gasteiger partial charge in [-0.2, -0.15) is 0 Å². The molecule has 1 unspecified atom stereocenters. The highest BCUT2D eigenvalue weighted by molar-refractivity contribution is 5.84. The molecule has 1 aliphatic rings. The predicted octanol–water partition coefficient (Wildman–Crippen LogP) is 1.10. The molecule has 0 saturated heterocycles. The Kier molecular flexibility index (Phi) is 1.18. The van der Waals surface area contributed by atoms with Gasteiger partial charge in [-0.05, 0) is 19.1 Å². The molecule has 0 aliphatic carbocycles. The first-order chi connectivity index (χ1) is 5.29. The molecule has 0 bridgehead atoms. The Labute approximate surface area is 64.0 Å². The average molecular weight is 149 g/mol. The van der Waals surface area contributed by atoms with Crippen molar-refractivity contribution in [1.82, 2.24) is 4.98 Å². The monoisotopic (exact) mass is 149 g/mol. The molecule has 1 atom stereocenters. The van der Waals surface area contributed by atoms with Crippen LogP contribution in [0.15, 0.2) is 18.3 Å². The Morgan fingerprint density at radius 2 is 2.45 bits per heavy atom. The van der Waals surface area contributed by atoms with Crippen molar-refractivity contribution in [3.05, 3.63) is 24.0 Å². The topological polar surface area (TPSA) is 39.2 Å².